The molecule has 0 atom stereocenters. The summed E-state index contributed by atoms with van der Waals surface area (Å²) in [6, 6.07) is 3.79. The third-order valence-electron chi connectivity index (χ3n) is 1.09. The van der Waals surface area contributed by atoms with Crippen LogP contribution in [0.3, 0.4) is 0 Å². The van der Waals surface area contributed by atoms with E-state index in [0.29, 0.717) is 0 Å². The van der Waals surface area contributed by atoms with E-state index in [-0.39, 0.29) is 0 Å². The predicted molar refractivity (Wildman–Crippen MR) is 38.2 cm³/mol. The van der Waals surface area contributed by atoms with Crippen LogP contribution in [0.25, 0.3) is 12.7 Å². The fourth-order valence-electron chi connectivity index (χ4n) is 0.705. The summed E-state index contributed by atoms with van der Waals surface area (Å²) in [5.41, 5.74) is 1.65. The highest BCUT2D eigenvalue weighted by molar-refractivity contribution is 5.16. The molecule has 1 nitrogen and oxygen atoms in total. The van der Waals surface area contributed by atoms with E-state index in [1.807, 2.05) is 18.2 Å². The first kappa shape index (κ1) is 6.14. The second kappa shape index (κ2) is 2.53. The SMILES string of the molecule is C=c1cc/c(=C\CC)o1. The van der Waals surface area contributed by atoms with Crippen LogP contribution in [0.15, 0.2) is 16.5 Å². The van der Waals surface area contributed by atoms with E-state index in [0.717, 1.165) is 17.3 Å². The Labute approximate surface area is 54.3 Å². The zero-order valence-electron chi connectivity index (χ0n) is 5.55. The van der Waals surface area contributed by atoms with E-state index in [4.69, 9.17) is 4.42 Å². The van der Waals surface area contributed by atoms with Crippen molar-refractivity contribution < 1.29 is 4.42 Å². The van der Waals surface area contributed by atoms with E-state index < -0.39 is 0 Å². The minimum absolute atomic E-state index is 0.731. The molecule has 0 amide bonds. The maximum absolute atomic E-state index is 5.16. The topological polar surface area (TPSA) is 13.1 Å². The molecule has 1 heteroatoms. The van der Waals surface area contributed by atoms with E-state index >= 15 is 0 Å². The first-order valence-electron chi connectivity index (χ1n) is 3.08. The highest BCUT2D eigenvalue weighted by atomic mass is 16.3. The van der Waals surface area contributed by atoms with Crippen LogP contribution >= 0.6 is 0 Å². The monoisotopic (exact) mass is 122 g/mol. The van der Waals surface area contributed by atoms with Crippen LogP contribution in [0.4, 0.5) is 0 Å². The zero-order chi connectivity index (χ0) is 6.69. The average Bonchev–Trinajstić information content (AvgIpc) is 2.17. The minimum Gasteiger partial charge on any atom is -0.458 e. The van der Waals surface area contributed by atoms with Gasteiger partial charge in [0.25, 0.3) is 0 Å². The Bertz CT molecular complexity index is 269. The molecule has 0 saturated carbocycles. The Morgan fingerprint density at radius 2 is 2.44 bits per heavy atom. The summed E-state index contributed by atoms with van der Waals surface area (Å²) >= 11 is 0. The lowest BCUT2D eigenvalue weighted by Crippen LogP contribution is -1.95. The molecule has 0 saturated heterocycles. The van der Waals surface area contributed by atoms with Gasteiger partial charge in [0.15, 0.2) is 0 Å². The van der Waals surface area contributed by atoms with Gasteiger partial charge in [-0.2, -0.15) is 0 Å². The molecule has 0 aliphatic heterocycles. The lowest BCUT2D eigenvalue weighted by molar-refractivity contribution is 0.502. The molecular weight excluding hydrogens is 112 g/mol. The molecule has 1 rings (SSSR count). The Hall–Kier alpha value is -0.980. The van der Waals surface area contributed by atoms with E-state index in [1.54, 1.807) is 0 Å². The molecule has 48 valence electrons. The standard InChI is InChI=1S/C8H10O/c1-3-4-8-6-5-7(2)9-8/h4-6H,2-3H2,1H3/b8-4+. The van der Waals surface area contributed by atoms with Gasteiger partial charge >= 0.3 is 0 Å². The van der Waals surface area contributed by atoms with Crippen LogP contribution in [-0.4, -0.2) is 0 Å². The van der Waals surface area contributed by atoms with Gasteiger partial charge in [0.2, 0.25) is 0 Å². The molecule has 0 aromatic carbocycles. The first-order valence-corrected chi connectivity index (χ1v) is 3.08. The smallest absolute Gasteiger partial charge is 0.123 e. The van der Waals surface area contributed by atoms with Crippen molar-refractivity contribution in [3.8, 4) is 0 Å². The maximum Gasteiger partial charge on any atom is 0.123 e. The second-order valence-electron chi connectivity index (χ2n) is 1.92. The van der Waals surface area contributed by atoms with E-state index in [1.165, 1.54) is 0 Å². The normalized spacial score (nSPS) is 12.3. The quantitative estimate of drug-likeness (QED) is 0.539. The summed E-state index contributed by atoms with van der Waals surface area (Å²) in [4.78, 5) is 0. The van der Waals surface area contributed by atoms with E-state index in [2.05, 4.69) is 13.5 Å². The minimum atomic E-state index is 0.731. The summed E-state index contributed by atoms with van der Waals surface area (Å²) in [6.45, 7) is 5.71. The molecule has 1 heterocycles. The van der Waals surface area contributed by atoms with Crippen LogP contribution < -0.4 is 10.8 Å². The van der Waals surface area contributed by atoms with Crippen molar-refractivity contribution in [2.24, 2.45) is 0 Å². The van der Waals surface area contributed by atoms with Gasteiger partial charge in [0.1, 0.15) is 10.8 Å². The zero-order valence-corrected chi connectivity index (χ0v) is 5.55. The molecule has 1 aromatic heterocycles. The third-order valence-corrected chi connectivity index (χ3v) is 1.09. The molecule has 0 bridgehead atoms. The second-order valence-corrected chi connectivity index (χ2v) is 1.92. The fraction of sp³-hybridized carbons (Fsp3) is 0.250. The highest BCUT2D eigenvalue weighted by Gasteiger charge is 1.79. The van der Waals surface area contributed by atoms with Crippen molar-refractivity contribution in [2.45, 2.75) is 13.3 Å². The van der Waals surface area contributed by atoms with E-state index in [9.17, 15) is 0 Å². The fourth-order valence-corrected chi connectivity index (χ4v) is 0.705. The summed E-state index contributed by atoms with van der Waals surface area (Å²) < 4.78 is 5.16. The Balaban J connectivity index is 3.12. The van der Waals surface area contributed by atoms with Crippen molar-refractivity contribution >= 4 is 12.7 Å². The number of rotatable bonds is 1. The Morgan fingerprint density at radius 1 is 1.67 bits per heavy atom. The van der Waals surface area contributed by atoms with Gasteiger partial charge in [-0.3, -0.25) is 0 Å². The van der Waals surface area contributed by atoms with Gasteiger partial charge in [-0.25, -0.2) is 0 Å². The van der Waals surface area contributed by atoms with Gasteiger partial charge in [-0.1, -0.05) is 13.5 Å². The van der Waals surface area contributed by atoms with Crippen LogP contribution in [0.1, 0.15) is 13.3 Å². The van der Waals surface area contributed by atoms with Crippen molar-refractivity contribution in [1.29, 1.82) is 0 Å². The number of hydrogen-bond donors (Lipinski definition) is 0. The van der Waals surface area contributed by atoms with Gasteiger partial charge in [0, 0.05) is 0 Å². The van der Waals surface area contributed by atoms with Crippen LogP contribution in [0.5, 0.6) is 0 Å². The molecule has 0 radical (unpaired) electrons. The summed E-state index contributed by atoms with van der Waals surface area (Å²) in [5.74, 6) is 0. The van der Waals surface area contributed by atoms with Crippen molar-refractivity contribution in [3.63, 3.8) is 0 Å². The molecule has 0 aliphatic carbocycles. The average molecular weight is 122 g/mol. The molecule has 0 N–H and O–H groups in total. The van der Waals surface area contributed by atoms with Gasteiger partial charge < -0.3 is 4.42 Å². The molecular formula is C8H10O. The Kier molecular flexibility index (Phi) is 1.73. The lowest BCUT2D eigenvalue weighted by atomic mass is 10.4. The number of furan rings is 1. The highest BCUT2D eigenvalue weighted by Crippen LogP contribution is 1.74. The van der Waals surface area contributed by atoms with Crippen molar-refractivity contribution in [2.75, 3.05) is 0 Å². The van der Waals surface area contributed by atoms with Crippen LogP contribution in [-0.2, 0) is 0 Å². The Morgan fingerprint density at radius 3 is 2.89 bits per heavy atom. The number of hydrogen-bond acceptors (Lipinski definition) is 1. The summed E-state index contributed by atoms with van der Waals surface area (Å²) in [5, 5.41) is 0. The first-order chi connectivity index (χ1) is 4.33. The largest absolute Gasteiger partial charge is 0.458 e. The van der Waals surface area contributed by atoms with Gasteiger partial charge in [0.05, 0.1) is 0 Å². The van der Waals surface area contributed by atoms with Crippen molar-refractivity contribution in [1.82, 2.24) is 0 Å². The van der Waals surface area contributed by atoms with Crippen molar-refractivity contribution in [3.05, 3.63) is 23.0 Å². The van der Waals surface area contributed by atoms with Crippen LogP contribution in [0.2, 0.25) is 0 Å². The summed E-state index contributed by atoms with van der Waals surface area (Å²) in [7, 11) is 0. The molecule has 1 aromatic rings. The third kappa shape index (κ3) is 1.46. The lowest BCUT2D eigenvalue weighted by Gasteiger charge is -1.72. The molecule has 0 fully saturated rings. The molecule has 0 unspecified atom stereocenters. The van der Waals surface area contributed by atoms with Crippen LogP contribution in [0, 0.1) is 0 Å². The molecule has 9 heavy (non-hydrogen) atoms. The van der Waals surface area contributed by atoms with Gasteiger partial charge in [-0.15, -0.1) is 0 Å². The maximum atomic E-state index is 5.16. The van der Waals surface area contributed by atoms with Gasteiger partial charge in [-0.05, 0) is 24.6 Å². The summed E-state index contributed by atoms with van der Waals surface area (Å²) in [6.07, 6.45) is 3.03. The molecule has 0 spiro atoms. The molecule has 0 aliphatic rings. The predicted octanol–water partition coefficient (Wildman–Crippen LogP) is 0.880.